The van der Waals surface area contributed by atoms with E-state index >= 15 is 0 Å². The van der Waals surface area contributed by atoms with Crippen molar-refractivity contribution >= 4 is 22.8 Å². The summed E-state index contributed by atoms with van der Waals surface area (Å²) in [6.45, 7) is 2.42. The van der Waals surface area contributed by atoms with Crippen molar-refractivity contribution in [3.8, 4) is 5.69 Å². The summed E-state index contributed by atoms with van der Waals surface area (Å²) >= 11 is 0. The first kappa shape index (κ1) is 18.2. The Morgan fingerprint density at radius 2 is 1.63 bits per heavy atom. The minimum atomic E-state index is -0.347. The first-order valence-electron chi connectivity index (χ1n) is 9.74. The van der Waals surface area contributed by atoms with Crippen molar-refractivity contribution in [2.24, 2.45) is 0 Å². The van der Waals surface area contributed by atoms with E-state index in [1.54, 1.807) is 22.1 Å². The summed E-state index contributed by atoms with van der Waals surface area (Å²) in [7, 11) is 0. The molecule has 8 heteroatoms. The van der Waals surface area contributed by atoms with Crippen LogP contribution in [0.2, 0.25) is 0 Å². The van der Waals surface area contributed by atoms with Gasteiger partial charge in [0, 0.05) is 31.7 Å². The van der Waals surface area contributed by atoms with Crippen molar-refractivity contribution in [1.82, 2.24) is 24.6 Å². The molecule has 0 atom stereocenters. The largest absolute Gasteiger partial charge is 0.352 e. The van der Waals surface area contributed by atoms with Crippen molar-refractivity contribution in [3.05, 3.63) is 78.5 Å². The van der Waals surface area contributed by atoms with E-state index in [1.165, 1.54) is 24.3 Å². The average Bonchev–Trinajstić information content (AvgIpc) is 3.24. The van der Waals surface area contributed by atoms with E-state index in [9.17, 15) is 9.18 Å². The van der Waals surface area contributed by atoms with Gasteiger partial charge in [-0.3, -0.25) is 4.79 Å². The Hall–Kier alpha value is -3.81. The lowest BCUT2D eigenvalue weighted by molar-refractivity contribution is 0.0746. The third kappa shape index (κ3) is 3.26. The van der Waals surface area contributed by atoms with Gasteiger partial charge < -0.3 is 9.80 Å². The molecule has 150 valence electrons. The number of nitrogens with zero attached hydrogens (tertiary/aromatic N) is 6. The summed E-state index contributed by atoms with van der Waals surface area (Å²) in [5, 5.41) is 5.38. The molecule has 7 nitrogen and oxygen atoms in total. The van der Waals surface area contributed by atoms with Crippen LogP contribution in [0, 0.1) is 5.82 Å². The molecule has 3 heterocycles. The standard InChI is InChI=1S/C22H19FN6O/c23-17-8-6-16(7-9-17)22(30)28-12-10-27(11-13-28)20-19-14-26-29(21(19)25-15-24-20)18-4-2-1-3-5-18/h1-9,14-15H,10-13H2. The fourth-order valence-corrected chi connectivity index (χ4v) is 3.74. The lowest BCUT2D eigenvalue weighted by Crippen LogP contribution is -2.49. The highest BCUT2D eigenvalue weighted by atomic mass is 19.1. The summed E-state index contributed by atoms with van der Waals surface area (Å²) < 4.78 is 14.9. The van der Waals surface area contributed by atoms with Crippen molar-refractivity contribution in [3.63, 3.8) is 0 Å². The molecule has 30 heavy (non-hydrogen) atoms. The maximum absolute atomic E-state index is 13.1. The number of hydrogen-bond acceptors (Lipinski definition) is 5. The quantitative estimate of drug-likeness (QED) is 0.527. The molecule has 1 amide bonds. The van der Waals surface area contributed by atoms with Crippen LogP contribution in [0.5, 0.6) is 0 Å². The molecule has 1 saturated heterocycles. The number of benzene rings is 2. The molecule has 0 saturated carbocycles. The van der Waals surface area contributed by atoms with E-state index in [4.69, 9.17) is 0 Å². The summed E-state index contributed by atoms with van der Waals surface area (Å²) in [6.07, 6.45) is 3.34. The van der Waals surface area contributed by atoms with E-state index in [-0.39, 0.29) is 11.7 Å². The molecule has 0 N–H and O–H groups in total. The number of aromatic nitrogens is 4. The van der Waals surface area contributed by atoms with Crippen molar-refractivity contribution < 1.29 is 9.18 Å². The van der Waals surface area contributed by atoms with Crippen molar-refractivity contribution in [2.75, 3.05) is 31.1 Å². The summed E-state index contributed by atoms with van der Waals surface area (Å²) in [4.78, 5) is 25.5. The van der Waals surface area contributed by atoms with E-state index in [2.05, 4.69) is 20.0 Å². The molecular formula is C22H19FN6O. The Balaban J connectivity index is 1.36. The zero-order valence-corrected chi connectivity index (χ0v) is 16.1. The van der Waals surface area contributed by atoms with E-state index < -0.39 is 0 Å². The van der Waals surface area contributed by atoms with Gasteiger partial charge in [-0.2, -0.15) is 5.10 Å². The Kier molecular flexibility index (Phi) is 4.59. The van der Waals surface area contributed by atoms with Gasteiger partial charge in [0.2, 0.25) is 0 Å². The molecule has 0 bridgehead atoms. The molecular weight excluding hydrogens is 383 g/mol. The maximum Gasteiger partial charge on any atom is 0.253 e. The Morgan fingerprint density at radius 1 is 0.900 bits per heavy atom. The zero-order chi connectivity index (χ0) is 20.5. The van der Waals surface area contributed by atoms with Gasteiger partial charge in [0.05, 0.1) is 17.3 Å². The molecule has 2 aromatic carbocycles. The number of piperazine rings is 1. The smallest absolute Gasteiger partial charge is 0.253 e. The first-order valence-corrected chi connectivity index (χ1v) is 9.74. The number of hydrogen-bond donors (Lipinski definition) is 0. The first-order chi connectivity index (χ1) is 14.7. The van der Waals surface area contributed by atoms with Gasteiger partial charge in [-0.1, -0.05) is 18.2 Å². The number of fused-ring (bicyclic) bond motifs is 1. The number of anilines is 1. The molecule has 5 rings (SSSR count). The highest BCUT2D eigenvalue weighted by molar-refractivity contribution is 5.94. The second kappa shape index (κ2) is 7.55. The minimum absolute atomic E-state index is 0.0839. The van der Waals surface area contributed by atoms with Crippen LogP contribution in [-0.2, 0) is 0 Å². The number of rotatable bonds is 3. The van der Waals surface area contributed by atoms with Gasteiger partial charge >= 0.3 is 0 Å². The number of amides is 1. The molecule has 0 unspecified atom stereocenters. The van der Waals surface area contributed by atoms with Gasteiger partial charge in [-0.15, -0.1) is 0 Å². The molecule has 1 fully saturated rings. The highest BCUT2D eigenvalue weighted by Crippen LogP contribution is 2.25. The van der Waals surface area contributed by atoms with Crippen molar-refractivity contribution in [1.29, 1.82) is 0 Å². The number of para-hydroxylation sites is 1. The van der Waals surface area contributed by atoms with E-state index in [0.717, 1.165) is 22.5 Å². The fourth-order valence-electron chi connectivity index (χ4n) is 3.74. The lowest BCUT2D eigenvalue weighted by Gasteiger charge is -2.35. The van der Waals surface area contributed by atoms with Gasteiger partial charge in [0.25, 0.3) is 5.91 Å². The zero-order valence-electron chi connectivity index (χ0n) is 16.1. The predicted molar refractivity (Wildman–Crippen MR) is 111 cm³/mol. The SMILES string of the molecule is O=C(c1ccc(F)cc1)N1CCN(c2ncnc3c2cnn3-c2ccccc2)CC1. The molecule has 0 aliphatic carbocycles. The minimum Gasteiger partial charge on any atom is -0.352 e. The van der Waals surface area contributed by atoms with Crippen LogP contribution in [0.25, 0.3) is 16.7 Å². The van der Waals surface area contributed by atoms with Crippen LogP contribution in [-0.4, -0.2) is 56.7 Å². The molecule has 0 spiro atoms. The topological polar surface area (TPSA) is 67.2 Å². The van der Waals surface area contributed by atoms with Gasteiger partial charge in [0.1, 0.15) is 18.0 Å². The molecule has 0 radical (unpaired) electrons. The fraction of sp³-hybridized carbons (Fsp3) is 0.182. The monoisotopic (exact) mass is 402 g/mol. The third-order valence-corrected chi connectivity index (χ3v) is 5.30. The second-order valence-electron chi connectivity index (χ2n) is 7.11. The number of halogens is 1. The Bertz CT molecular complexity index is 1180. The normalized spacial score (nSPS) is 14.3. The van der Waals surface area contributed by atoms with Crippen LogP contribution >= 0.6 is 0 Å². The molecule has 1 aliphatic rings. The highest BCUT2D eigenvalue weighted by Gasteiger charge is 2.25. The van der Waals surface area contributed by atoms with Gasteiger partial charge in [0.15, 0.2) is 5.65 Å². The number of carbonyl (C=O) groups is 1. The maximum atomic E-state index is 13.1. The Morgan fingerprint density at radius 3 is 2.37 bits per heavy atom. The summed E-state index contributed by atoms with van der Waals surface area (Å²) in [6, 6.07) is 15.5. The molecule has 4 aromatic rings. The summed E-state index contributed by atoms with van der Waals surface area (Å²) in [5.74, 6) is 0.385. The summed E-state index contributed by atoms with van der Waals surface area (Å²) in [5.41, 5.74) is 2.18. The van der Waals surface area contributed by atoms with Crippen molar-refractivity contribution in [2.45, 2.75) is 0 Å². The number of carbonyl (C=O) groups excluding carboxylic acids is 1. The van der Waals surface area contributed by atoms with Crippen LogP contribution in [0.1, 0.15) is 10.4 Å². The molecule has 1 aliphatic heterocycles. The van der Waals surface area contributed by atoms with Crippen LogP contribution in [0.15, 0.2) is 67.1 Å². The van der Waals surface area contributed by atoms with Crippen LogP contribution in [0.3, 0.4) is 0 Å². The van der Waals surface area contributed by atoms with Gasteiger partial charge in [-0.05, 0) is 36.4 Å². The van der Waals surface area contributed by atoms with Crippen LogP contribution < -0.4 is 4.90 Å². The Labute approximate surface area is 172 Å². The van der Waals surface area contributed by atoms with E-state index in [1.807, 2.05) is 30.3 Å². The van der Waals surface area contributed by atoms with Gasteiger partial charge in [-0.25, -0.2) is 19.0 Å². The average molecular weight is 402 g/mol. The second-order valence-corrected chi connectivity index (χ2v) is 7.11. The molecule has 2 aromatic heterocycles. The lowest BCUT2D eigenvalue weighted by atomic mass is 10.1. The van der Waals surface area contributed by atoms with E-state index in [0.29, 0.717) is 31.7 Å². The third-order valence-electron chi connectivity index (χ3n) is 5.30. The predicted octanol–water partition coefficient (Wildman–Crippen LogP) is 2.92. The van der Waals surface area contributed by atoms with Crippen LogP contribution in [0.4, 0.5) is 10.2 Å².